The smallest absolute Gasteiger partial charge is 0.267 e. The van der Waals surface area contributed by atoms with Crippen LogP contribution in [-0.2, 0) is 11.3 Å². The molecule has 3 heterocycles. The van der Waals surface area contributed by atoms with Gasteiger partial charge in [0.2, 0.25) is 12.7 Å². The lowest BCUT2D eigenvalue weighted by Crippen LogP contribution is -2.29. The first-order chi connectivity index (χ1) is 12.6. The van der Waals surface area contributed by atoms with E-state index >= 15 is 0 Å². The van der Waals surface area contributed by atoms with Gasteiger partial charge in [0.05, 0.1) is 11.4 Å². The third kappa shape index (κ3) is 3.29. The predicted molar refractivity (Wildman–Crippen MR) is 95.5 cm³/mol. The quantitative estimate of drug-likeness (QED) is 0.755. The molecule has 1 amide bonds. The number of ether oxygens (including phenoxy) is 2. The Morgan fingerprint density at radius 3 is 2.88 bits per heavy atom. The number of amides is 1. The monoisotopic (exact) mass is 370 g/mol. The molecule has 0 atom stereocenters. The van der Waals surface area contributed by atoms with Gasteiger partial charge in [-0.05, 0) is 48.8 Å². The summed E-state index contributed by atoms with van der Waals surface area (Å²) < 4.78 is 15.9. The summed E-state index contributed by atoms with van der Waals surface area (Å²) in [6, 6.07) is 10.2. The molecule has 26 heavy (non-hydrogen) atoms. The lowest BCUT2D eigenvalue weighted by Gasteiger charge is -2.07. The highest BCUT2D eigenvalue weighted by Gasteiger charge is 2.15. The van der Waals surface area contributed by atoms with Gasteiger partial charge in [0.1, 0.15) is 11.5 Å². The Kier molecular flexibility index (Phi) is 4.13. The summed E-state index contributed by atoms with van der Waals surface area (Å²) >= 11 is 1.19. The fourth-order valence-corrected chi connectivity index (χ4v) is 3.19. The zero-order chi connectivity index (χ0) is 18.1. The number of aryl methyl sites for hydroxylation is 1. The lowest BCUT2D eigenvalue weighted by atomic mass is 10.1. The molecule has 1 aliphatic rings. The van der Waals surface area contributed by atoms with Gasteiger partial charge in [-0.2, -0.15) is 9.47 Å². The van der Waals surface area contributed by atoms with Crippen LogP contribution in [0.1, 0.15) is 5.69 Å². The van der Waals surface area contributed by atoms with E-state index in [4.69, 9.17) is 9.47 Å². The van der Waals surface area contributed by atoms with E-state index in [2.05, 4.69) is 14.8 Å². The van der Waals surface area contributed by atoms with Crippen molar-refractivity contribution < 1.29 is 14.3 Å². The van der Waals surface area contributed by atoms with Crippen molar-refractivity contribution in [1.82, 2.24) is 14.2 Å². The van der Waals surface area contributed by atoms with Crippen molar-refractivity contribution >= 4 is 22.4 Å². The van der Waals surface area contributed by atoms with Gasteiger partial charge in [-0.15, -0.1) is 0 Å². The first-order valence-electron chi connectivity index (χ1n) is 7.80. The Balaban J connectivity index is 1.56. The number of nitrogens with zero attached hydrogens (tertiary/aromatic N) is 3. The van der Waals surface area contributed by atoms with Crippen LogP contribution in [0.15, 0.2) is 41.2 Å². The molecule has 0 saturated heterocycles. The zero-order valence-electron chi connectivity index (χ0n) is 13.8. The van der Waals surface area contributed by atoms with E-state index in [1.807, 2.05) is 13.0 Å². The summed E-state index contributed by atoms with van der Waals surface area (Å²) in [6.07, 6.45) is 0. The Morgan fingerprint density at radius 1 is 1.23 bits per heavy atom. The summed E-state index contributed by atoms with van der Waals surface area (Å²) in [6.45, 7) is 1.84. The molecule has 1 aliphatic heterocycles. The molecular weight excluding hydrogens is 356 g/mol. The molecule has 9 heteroatoms. The topological polar surface area (TPSA) is 95.3 Å². The SMILES string of the molecule is Cc1cc(NC(=O)Cn2nc(-c3ccc4c(c3)OCO4)ccc2=O)sn1. The molecule has 0 radical (unpaired) electrons. The molecule has 0 spiro atoms. The molecule has 1 N–H and O–H groups in total. The van der Waals surface area contributed by atoms with Crippen LogP contribution in [0.3, 0.4) is 0 Å². The molecule has 0 fully saturated rings. The number of aromatic nitrogens is 3. The molecule has 0 aliphatic carbocycles. The van der Waals surface area contributed by atoms with Crippen LogP contribution in [0.4, 0.5) is 5.00 Å². The predicted octanol–water partition coefficient (Wildman–Crippen LogP) is 2.04. The van der Waals surface area contributed by atoms with Crippen molar-refractivity contribution in [1.29, 1.82) is 0 Å². The molecule has 0 bridgehead atoms. The fraction of sp³-hybridized carbons (Fsp3) is 0.176. The second-order valence-corrected chi connectivity index (χ2v) is 6.47. The van der Waals surface area contributed by atoms with Crippen LogP contribution in [0.5, 0.6) is 11.5 Å². The maximum Gasteiger partial charge on any atom is 0.267 e. The zero-order valence-corrected chi connectivity index (χ0v) is 14.6. The molecule has 4 rings (SSSR count). The maximum absolute atomic E-state index is 12.2. The average Bonchev–Trinajstić information content (AvgIpc) is 3.24. The molecule has 132 valence electrons. The summed E-state index contributed by atoms with van der Waals surface area (Å²) in [5.74, 6) is 0.952. The minimum Gasteiger partial charge on any atom is -0.454 e. The second-order valence-electron chi connectivity index (χ2n) is 5.66. The normalized spacial score (nSPS) is 12.2. The second kappa shape index (κ2) is 6.60. The third-order valence-corrected chi connectivity index (χ3v) is 4.51. The molecule has 2 aromatic heterocycles. The first kappa shape index (κ1) is 16.3. The van der Waals surface area contributed by atoms with Crippen molar-refractivity contribution in [3.63, 3.8) is 0 Å². The minimum absolute atomic E-state index is 0.183. The van der Waals surface area contributed by atoms with Crippen molar-refractivity contribution in [2.24, 2.45) is 0 Å². The van der Waals surface area contributed by atoms with Gasteiger partial charge in [-0.1, -0.05) is 0 Å². The number of carbonyl (C=O) groups excluding carboxylic acids is 1. The number of benzene rings is 1. The van der Waals surface area contributed by atoms with Crippen molar-refractivity contribution in [2.45, 2.75) is 13.5 Å². The minimum atomic E-state index is -0.356. The summed E-state index contributed by atoms with van der Waals surface area (Å²) in [7, 11) is 0. The van der Waals surface area contributed by atoms with Crippen molar-refractivity contribution in [2.75, 3.05) is 12.1 Å². The van der Waals surface area contributed by atoms with E-state index in [9.17, 15) is 9.59 Å². The van der Waals surface area contributed by atoms with Gasteiger partial charge in [0.15, 0.2) is 11.5 Å². The van der Waals surface area contributed by atoms with E-state index in [-0.39, 0.29) is 24.8 Å². The summed E-state index contributed by atoms with van der Waals surface area (Å²) in [5.41, 5.74) is 1.79. The van der Waals surface area contributed by atoms with Crippen LogP contribution in [0.2, 0.25) is 0 Å². The number of fused-ring (bicyclic) bond motifs is 1. The van der Waals surface area contributed by atoms with Crippen LogP contribution in [0.25, 0.3) is 11.3 Å². The molecule has 3 aromatic rings. The van der Waals surface area contributed by atoms with E-state index in [0.717, 1.165) is 15.9 Å². The lowest BCUT2D eigenvalue weighted by molar-refractivity contribution is -0.116. The van der Waals surface area contributed by atoms with Crippen molar-refractivity contribution in [3.8, 4) is 22.8 Å². The van der Waals surface area contributed by atoms with Gasteiger partial charge in [0, 0.05) is 11.6 Å². The Morgan fingerprint density at radius 2 is 2.08 bits per heavy atom. The molecule has 0 saturated carbocycles. The Bertz CT molecular complexity index is 1040. The fourth-order valence-electron chi connectivity index (χ4n) is 2.51. The van der Waals surface area contributed by atoms with Crippen LogP contribution in [0, 0.1) is 6.92 Å². The van der Waals surface area contributed by atoms with E-state index in [1.165, 1.54) is 17.6 Å². The number of rotatable bonds is 4. The third-order valence-electron chi connectivity index (χ3n) is 3.72. The number of anilines is 1. The number of hydrogen-bond donors (Lipinski definition) is 1. The van der Waals surface area contributed by atoms with Crippen LogP contribution < -0.4 is 20.3 Å². The van der Waals surface area contributed by atoms with E-state index in [0.29, 0.717) is 22.2 Å². The van der Waals surface area contributed by atoms with Gasteiger partial charge in [0.25, 0.3) is 5.56 Å². The summed E-state index contributed by atoms with van der Waals surface area (Å²) in [4.78, 5) is 24.2. The molecular formula is C17H14N4O4S. The maximum atomic E-state index is 12.2. The van der Waals surface area contributed by atoms with Crippen LogP contribution >= 0.6 is 11.5 Å². The van der Waals surface area contributed by atoms with E-state index in [1.54, 1.807) is 24.3 Å². The van der Waals surface area contributed by atoms with Crippen molar-refractivity contribution in [3.05, 3.63) is 52.4 Å². The number of nitrogens with one attached hydrogen (secondary N) is 1. The van der Waals surface area contributed by atoms with Gasteiger partial charge in [-0.3, -0.25) is 9.59 Å². The Hall–Kier alpha value is -3.20. The number of carbonyl (C=O) groups is 1. The average molecular weight is 370 g/mol. The highest BCUT2D eigenvalue weighted by atomic mass is 32.1. The van der Waals surface area contributed by atoms with Gasteiger partial charge >= 0.3 is 0 Å². The highest BCUT2D eigenvalue weighted by Crippen LogP contribution is 2.35. The van der Waals surface area contributed by atoms with Crippen LogP contribution in [-0.4, -0.2) is 26.9 Å². The molecule has 1 aromatic carbocycles. The standard InChI is InChI=1S/C17H14N4O4S/c1-10-6-16(26-20-10)18-15(22)8-21-17(23)5-3-12(19-21)11-2-4-13-14(7-11)25-9-24-13/h2-7H,8-9H2,1H3,(H,18,22). The largest absolute Gasteiger partial charge is 0.454 e. The molecule has 8 nitrogen and oxygen atoms in total. The van der Waals surface area contributed by atoms with Gasteiger partial charge in [-0.25, -0.2) is 4.68 Å². The van der Waals surface area contributed by atoms with Gasteiger partial charge < -0.3 is 14.8 Å². The number of hydrogen-bond acceptors (Lipinski definition) is 7. The Labute approximate surface area is 152 Å². The highest BCUT2D eigenvalue weighted by molar-refractivity contribution is 7.10. The van der Waals surface area contributed by atoms with E-state index < -0.39 is 0 Å². The molecule has 0 unspecified atom stereocenters. The first-order valence-corrected chi connectivity index (χ1v) is 8.57. The summed E-state index contributed by atoms with van der Waals surface area (Å²) in [5, 5.41) is 7.63.